The molecule has 1 aromatic carbocycles. The zero-order valence-corrected chi connectivity index (χ0v) is 11.2. The van der Waals surface area contributed by atoms with Gasteiger partial charge in [0.05, 0.1) is 12.7 Å². The summed E-state index contributed by atoms with van der Waals surface area (Å²) in [6, 6.07) is 6.06. The molecule has 4 heteroatoms. The maximum Gasteiger partial charge on any atom is 0.153 e. The lowest BCUT2D eigenvalue weighted by molar-refractivity contribution is 0.416. The molecule has 96 valence electrons. The van der Waals surface area contributed by atoms with Crippen LogP contribution in [0, 0.1) is 6.92 Å². The van der Waals surface area contributed by atoms with Gasteiger partial charge in [-0.15, -0.1) is 0 Å². The summed E-state index contributed by atoms with van der Waals surface area (Å²) in [5, 5.41) is 7.13. The molecule has 0 saturated heterocycles. The summed E-state index contributed by atoms with van der Waals surface area (Å²) in [4.78, 5) is 0. The molecule has 1 aromatic heterocycles. The molecule has 4 nitrogen and oxygen atoms in total. The van der Waals surface area contributed by atoms with Crippen LogP contribution in [0.1, 0.15) is 31.0 Å². The quantitative estimate of drug-likeness (QED) is 0.873. The summed E-state index contributed by atoms with van der Waals surface area (Å²) in [6.07, 6.45) is 0. The van der Waals surface area contributed by atoms with Crippen molar-refractivity contribution in [2.75, 3.05) is 12.8 Å². The van der Waals surface area contributed by atoms with E-state index in [0.29, 0.717) is 11.7 Å². The Balaban J connectivity index is 2.68. The fraction of sp³-hybridized carbons (Fsp3) is 0.357. The van der Waals surface area contributed by atoms with E-state index in [4.69, 9.17) is 10.5 Å². The maximum atomic E-state index is 5.99. The molecule has 0 atom stereocenters. The highest BCUT2D eigenvalue weighted by Crippen LogP contribution is 2.38. The summed E-state index contributed by atoms with van der Waals surface area (Å²) < 4.78 is 5.42. The fourth-order valence-corrected chi connectivity index (χ4v) is 2.09. The van der Waals surface area contributed by atoms with E-state index in [0.717, 1.165) is 22.6 Å². The Morgan fingerprint density at radius 2 is 2.06 bits per heavy atom. The summed E-state index contributed by atoms with van der Waals surface area (Å²) in [7, 11) is 1.67. The van der Waals surface area contributed by atoms with Crippen LogP contribution < -0.4 is 10.5 Å². The van der Waals surface area contributed by atoms with Crippen molar-refractivity contribution >= 4 is 5.82 Å². The Morgan fingerprint density at radius 3 is 2.67 bits per heavy atom. The van der Waals surface area contributed by atoms with Gasteiger partial charge in [-0.05, 0) is 25.0 Å². The number of rotatable bonds is 3. The van der Waals surface area contributed by atoms with Gasteiger partial charge in [-0.3, -0.25) is 5.10 Å². The number of aryl methyl sites for hydroxylation is 1. The van der Waals surface area contributed by atoms with Gasteiger partial charge in [-0.25, -0.2) is 0 Å². The van der Waals surface area contributed by atoms with Gasteiger partial charge >= 0.3 is 0 Å². The highest BCUT2D eigenvalue weighted by atomic mass is 16.5. The molecule has 0 bridgehead atoms. The zero-order chi connectivity index (χ0) is 13.3. The molecular formula is C14H19N3O. The summed E-state index contributed by atoms with van der Waals surface area (Å²) in [6.45, 7) is 6.27. The highest BCUT2D eigenvalue weighted by molar-refractivity contribution is 5.81. The molecule has 18 heavy (non-hydrogen) atoms. The Labute approximate surface area is 107 Å². The number of nitrogens with two attached hydrogens (primary N) is 1. The number of hydrogen-bond acceptors (Lipinski definition) is 3. The monoisotopic (exact) mass is 245 g/mol. The van der Waals surface area contributed by atoms with Crippen LogP contribution in [0.4, 0.5) is 5.82 Å². The van der Waals surface area contributed by atoms with Crippen LogP contribution in [0.3, 0.4) is 0 Å². The predicted molar refractivity (Wildman–Crippen MR) is 73.8 cm³/mol. The third-order valence-electron chi connectivity index (χ3n) is 3.02. The predicted octanol–water partition coefficient (Wildman–Crippen LogP) is 3.10. The van der Waals surface area contributed by atoms with Crippen molar-refractivity contribution in [3.05, 3.63) is 29.5 Å². The molecule has 1 heterocycles. The number of benzene rings is 1. The minimum absolute atomic E-state index is 0.329. The van der Waals surface area contributed by atoms with E-state index in [1.54, 1.807) is 7.11 Å². The second-order valence-electron chi connectivity index (χ2n) is 4.76. The van der Waals surface area contributed by atoms with Gasteiger partial charge in [0.1, 0.15) is 5.75 Å². The van der Waals surface area contributed by atoms with Crippen molar-refractivity contribution in [1.82, 2.24) is 10.2 Å². The van der Waals surface area contributed by atoms with Gasteiger partial charge in [0.25, 0.3) is 0 Å². The topological polar surface area (TPSA) is 63.9 Å². The Bertz CT molecular complexity index is 558. The average Bonchev–Trinajstić information content (AvgIpc) is 2.71. The minimum Gasteiger partial charge on any atom is -0.496 e. The van der Waals surface area contributed by atoms with Crippen molar-refractivity contribution in [2.24, 2.45) is 0 Å². The first-order valence-corrected chi connectivity index (χ1v) is 6.03. The van der Waals surface area contributed by atoms with Crippen molar-refractivity contribution in [3.8, 4) is 16.9 Å². The maximum absolute atomic E-state index is 5.99. The summed E-state index contributed by atoms with van der Waals surface area (Å²) in [5.41, 5.74) is 10.1. The van der Waals surface area contributed by atoms with E-state index >= 15 is 0 Å². The largest absolute Gasteiger partial charge is 0.496 e. The normalized spacial score (nSPS) is 10.9. The zero-order valence-electron chi connectivity index (χ0n) is 11.2. The molecule has 0 amide bonds. The van der Waals surface area contributed by atoms with Crippen molar-refractivity contribution in [2.45, 2.75) is 26.7 Å². The Kier molecular flexibility index (Phi) is 3.28. The SMILES string of the molecule is COc1ccc(C)cc1-c1c(N)n[nH]c1C(C)C. The van der Waals surface area contributed by atoms with Gasteiger partial charge in [-0.1, -0.05) is 25.5 Å². The van der Waals surface area contributed by atoms with Gasteiger partial charge in [0.2, 0.25) is 0 Å². The third kappa shape index (κ3) is 2.06. The van der Waals surface area contributed by atoms with Gasteiger partial charge in [-0.2, -0.15) is 5.10 Å². The number of nitrogens with zero attached hydrogens (tertiary/aromatic N) is 1. The number of hydrogen-bond donors (Lipinski definition) is 2. The van der Waals surface area contributed by atoms with E-state index in [1.807, 2.05) is 19.1 Å². The van der Waals surface area contributed by atoms with Crippen molar-refractivity contribution in [3.63, 3.8) is 0 Å². The number of methoxy groups -OCH3 is 1. The standard InChI is InChI=1S/C14H19N3O/c1-8(2)13-12(14(15)17-16-13)10-7-9(3)5-6-11(10)18-4/h5-8H,1-4H3,(H3,15,16,17). The van der Waals surface area contributed by atoms with Crippen LogP contribution in [0.2, 0.25) is 0 Å². The second kappa shape index (κ2) is 4.72. The third-order valence-corrected chi connectivity index (χ3v) is 3.02. The second-order valence-corrected chi connectivity index (χ2v) is 4.76. The van der Waals surface area contributed by atoms with Crippen LogP contribution in [0.5, 0.6) is 5.75 Å². The van der Waals surface area contributed by atoms with E-state index < -0.39 is 0 Å². The first kappa shape index (κ1) is 12.5. The molecule has 0 unspecified atom stereocenters. The van der Waals surface area contributed by atoms with Crippen molar-refractivity contribution < 1.29 is 4.74 Å². The average molecular weight is 245 g/mol. The molecule has 0 aliphatic rings. The van der Waals surface area contributed by atoms with Gasteiger partial charge < -0.3 is 10.5 Å². The number of anilines is 1. The van der Waals surface area contributed by atoms with E-state index in [9.17, 15) is 0 Å². The Morgan fingerprint density at radius 1 is 1.33 bits per heavy atom. The molecular weight excluding hydrogens is 226 g/mol. The molecule has 0 fully saturated rings. The number of nitrogens with one attached hydrogen (secondary N) is 1. The number of aromatic amines is 1. The van der Waals surface area contributed by atoms with Crippen LogP contribution in [-0.4, -0.2) is 17.3 Å². The van der Waals surface area contributed by atoms with E-state index in [2.05, 4.69) is 30.1 Å². The van der Waals surface area contributed by atoms with Crippen molar-refractivity contribution in [1.29, 1.82) is 0 Å². The number of aromatic nitrogens is 2. The molecule has 0 aliphatic heterocycles. The smallest absolute Gasteiger partial charge is 0.153 e. The lowest BCUT2D eigenvalue weighted by Crippen LogP contribution is -1.96. The first-order chi connectivity index (χ1) is 8.54. The lowest BCUT2D eigenvalue weighted by atomic mass is 9.97. The lowest BCUT2D eigenvalue weighted by Gasteiger charge is -2.12. The molecule has 2 rings (SSSR count). The summed E-state index contributed by atoms with van der Waals surface area (Å²) in [5.74, 6) is 1.66. The van der Waals surface area contributed by atoms with E-state index in [1.165, 1.54) is 5.56 Å². The van der Waals surface area contributed by atoms with E-state index in [-0.39, 0.29) is 0 Å². The molecule has 0 radical (unpaired) electrons. The summed E-state index contributed by atoms with van der Waals surface area (Å²) >= 11 is 0. The van der Waals surface area contributed by atoms with Crippen LogP contribution in [-0.2, 0) is 0 Å². The van der Waals surface area contributed by atoms with Gasteiger partial charge in [0, 0.05) is 11.3 Å². The van der Waals surface area contributed by atoms with Crippen LogP contribution in [0.25, 0.3) is 11.1 Å². The number of nitrogen functional groups attached to an aromatic ring is 1. The number of ether oxygens (including phenoxy) is 1. The minimum atomic E-state index is 0.329. The molecule has 0 saturated carbocycles. The number of H-pyrrole nitrogens is 1. The Hall–Kier alpha value is -1.97. The molecule has 2 aromatic rings. The highest BCUT2D eigenvalue weighted by Gasteiger charge is 2.18. The van der Waals surface area contributed by atoms with Crippen LogP contribution >= 0.6 is 0 Å². The fourth-order valence-electron chi connectivity index (χ4n) is 2.09. The first-order valence-electron chi connectivity index (χ1n) is 6.03. The molecule has 0 spiro atoms. The van der Waals surface area contributed by atoms with Crippen LogP contribution in [0.15, 0.2) is 18.2 Å². The molecule has 0 aliphatic carbocycles. The van der Waals surface area contributed by atoms with Gasteiger partial charge in [0.15, 0.2) is 5.82 Å². The molecule has 3 N–H and O–H groups in total.